The molecule has 108 valence electrons. The molecule has 0 heterocycles. The van der Waals surface area contributed by atoms with Gasteiger partial charge in [-0.15, -0.1) is 0 Å². The zero-order valence-corrected chi connectivity index (χ0v) is 11.4. The fourth-order valence-electron chi connectivity index (χ4n) is 1.71. The van der Waals surface area contributed by atoms with Crippen molar-refractivity contribution in [2.45, 2.75) is 6.61 Å². The minimum Gasteiger partial charge on any atom is -0.867 e. The van der Waals surface area contributed by atoms with Crippen molar-refractivity contribution in [2.75, 3.05) is 0 Å². The van der Waals surface area contributed by atoms with Crippen LogP contribution in [0.3, 0.4) is 0 Å². The number of nitrogens with zero attached hydrogens (tertiary/aromatic N) is 2. The molecule has 0 atom stereocenters. The predicted molar refractivity (Wildman–Crippen MR) is 77.2 cm³/mol. The number of halogens is 1. The van der Waals surface area contributed by atoms with Gasteiger partial charge in [0.1, 0.15) is 0 Å². The molecule has 6 nitrogen and oxygen atoms in total. The van der Waals surface area contributed by atoms with E-state index < -0.39 is 16.4 Å². The Hall–Kier alpha value is -2.44. The average Bonchev–Trinajstić information content (AvgIpc) is 2.47. The second-order valence-electron chi connectivity index (χ2n) is 4.19. The van der Waals surface area contributed by atoms with Gasteiger partial charge in [-0.3, -0.25) is 15.1 Å². The summed E-state index contributed by atoms with van der Waals surface area (Å²) in [6, 6.07) is 9.07. The third-order valence-electron chi connectivity index (χ3n) is 2.71. The van der Waals surface area contributed by atoms with E-state index in [0.717, 1.165) is 6.07 Å². The van der Waals surface area contributed by atoms with E-state index in [1.807, 2.05) is 0 Å². The topological polar surface area (TPSA) is 98.8 Å². The first kappa shape index (κ1) is 15.0. The molecule has 0 aliphatic rings. The smallest absolute Gasteiger partial charge is 0.263 e. The van der Waals surface area contributed by atoms with Gasteiger partial charge in [0.25, 0.3) is 5.69 Å². The van der Waals surface area contributed by atoms with Crippen LogP contribution in [0.4, 0.5) is 11.4 Å². The number of benzene rings is 2. The standard InChI is InChI=1S/C14H11ClN2O4/c15-11-5-10(14(19)13(6-11)17(20)21)7-16-12-3-1-2-9(4-12)8-18/h1-7,18-19H,8H2/p-1. The predicted octanol–water partition coefficient (Wildman–Crippen LogP) is 2.56. The Kier molecular flexibility index (Phi) is 4.52. The number of nitro groups is 1. The zero-order chi connectivity index (χ0) is 15.4. The molecule has 0 saturated carbocycles. The van der Waals surface area contributed by atoms with Crippen LogP contribution in [0.2, 0.25) is 5.02 Å². The van der Waals surface area contributed by atoms with Crippen LogP contribution in [0.15, 0.2) is 41.4 Å². The molecule has 0 bridgehead atoms. The fourth-order valence-corrected chi connectivity index (χ4v) is 1.93. The van der Waals surface area contributed by atoms with Crippen LogP contribution < -0.4 is 5.11 Å². The average molecular weight is 306 g/mol. The monoisotopic (exact) mass is 305 g/mol. The molecule has 7 heteroatoms. The van der Waals surface area contributed by atoms with Crippen molar-refractivity contribution in [2.24, 2.45) is 4.99 Å². The quantitative estimate of drug-likeness (QED) is 0.533. The van der Waals surface area contributed by atoms with E-state index >= 15 is 0 Å². The molecule has 0 saturated heterocycles. The number of nitro benzene ring substituents is 1. The lowest BCUT2D eigenvalue weighted by molar-refractivity contribution is -0.398. The molecule has 1 N–H and O–H groups in total. The lowest BCUT2D eigenvalue weighted by Gasteiger charge is -2.10. The van der Waals surface area contributed by atoms with Crippen LogP contribution in [-0.2, 0) is 6.61 Å². The van der Waals surface area contributed by atoms with E-state index in [-0.39, 0.29) is 17.2 Å². The highest BCUT2D eigenvalue weighted by Crippen LogP contribution is 2.30. The third-order valence-corrected chi connectivity index (χ3v) is 2.92. The van der Waals surface area contributed by atoms with Gasteiger partial charge in [-0.2, -0.15) is 0 Å². The molecule has 0 fully saturated rings. The molecule has 0 aromatic heterocycles. The molecule has 21 heavy (non-hydrogen) atoms. The van der Waals surface area contributed by atoms with E-state index in [1.165, 1.54) is 12.3 Å². The van der Waals surface area contributed by atoms with Gasteiger partial charge in [0.2, 0.25) is 0 Å². The molecule has 0 spiro atoms. The molecular weight excluding hydrogens is 296 g/mol. The Balaban J connectivity index is 2.38. The highest BCUT2D eigenvalue weighted by molar-refractivity contribution is 6.31. The summed E-state index contributed by atoms with van der Waals surface area (Å²) in [5.41, 5.74) is 0.629. The number of aliphatic imine (C=N–C) groups is 1. The lowest BCUT2D eigenvalue weighted by Crippen LogP contribution is -2.02. The van der Waals surface area contributed by atoms with Gasteiger partial charge in [-0.1, -0.05) is 23.7 Å². The summed E-state index contributed by atoms with van der Waals surface area (Å²) in [5, 5.41) is 31.8. The fraction of sp³-hybridized carbons (Fsp3) is 0.0714. The zero-order valence-electron chi connectivity index (χ0n) is 10.7. The van der Waals surface area contributed by atoms with Crippen molar-refractivity contribution in [3.05, 3.63) is 62.7 Å². The number of hydrogen-bond acceptors (Lipinski definition) is 5. The van der Waals surface area contributed by atoms with Crippen molar-refractivity contribution in [3.63, 3.8) is 0 Å². The molecule has 0 unspecified atom stereocenters. The van der Waals surface area contributed by atoms with E-state index in [2.05, 4.69) is 4.99 Å². The van der Waals surface area contributed by atoms with Gasteiger partial charge < -0.3 is 10.2 Å². The molecule has 2 aromatic rings. The lowest BCUT2D eigenvalue weighted by atomic mass is 10.2. The molecule has 0 aliphatic heterocycles. The van der Waals surface area contributed by atoms with E-state index in [9.17, 15) is 15.2 Å². The number of rotatable bonds is 4. The number of aliphatic hydroxyl groups excluding tert-OH is 1. The Bertz CT molecular complexity index is 716. The van der Waals surface area contributed by atoms with Crippen molar-refractivity contribution in [1.29, 1.82) is 0 Å². The maximum absolute atomic E-state index is 11.9. The normalized spacial score (nSPS) is 11.0. The molecule has 0 radical (unpaired) electrons. The first-order valence-corrected chi connectivity index (χ1v) is 6.28. The van der Waals surface area contributed by atoms with Crippen molar-refractivity contribution in [1.82, 2.24) is 0 Å². The molecular formula is C14H10ClN2O4-. The van der Waals surface area contributed by atoms with Crippen LogP contribution in [-0.4, -0.2) is 16.2 Å². The maximum Gasteiger partial charge on any atom is 0.263 e. The van der Waals surface area contributed by atoms with Crippen LogP contribution >= 0.6 is 11.6 Å². The van der Waals surface area contributed by atoms with Crippen molar-refractivity contribution >= 4 is 29.2 Å². The first-order valence-electron chi connectivity index (χ1n) is 5.90. The number of aliphatic hydroxyl groups is 1. The molecule has 0 amide bonds. The maximum atomic E-state index is 11.9. The van der Waals surface area contributed by atoms with Crippen LogP contribution in [0.5, 0.6) is 5.75 Å². The Morgan fingerprint density at radius 1 is 1.33 bits per heavy atom. The highest BCUT2D eigenvalue weighted by Gasteiger charge is 2.11. The van der Waals surface area contributed by atoms with Crippen molar-refractivity contribution in [3.8, 4) is 5.75 Å². The van der Waals surface area contributed by atoms with Gasteiger partial charge in [0, 0.05) is 17.3 Å². The van der Waals surface area contributed by atoms with Gasteiger partial charge >= 0.3 is 0 Å². The van der Waals surface area contributed by atoms with Gasteiger partial charge in [-0.05, 0) is 35.1 Å². The molecule has 0 aliphatic carbocycles. The summed E-state index contributed by atoms with van der Waals surface area (Å²) in [6.07, 6.45) is 1.22. The largest absolute Gasteiger partial charge is 0.867 e. The van der Waals surface area contributed by atoms with E-state index in [1.54, 1.807) is 24.3 Å². The summed E-state index contributed by atoms with van der Waals surface area (Å²) in [6.45, 7) is -0.126. The first-order chi connectivity index (χ1) is 10.0. The molecule has 2 aromatic carbocycles. The Morgan fingerprint density at radius 3 is 2.76 bits per heavy atom. The minimum absolute atomic E-state index is 0.0311. The highest BCUT2D eigenvalue weighted by atomic mass is 35.5. The van der Waals surface area contributed by atoms with E-state index in [0.29, 0.717) is 11.3 Å². The number of hydrogen-bond donors (Lipinski definition) is 1. The Morgan fingerprint density at radius 2 is 2.10 bits per heavy atom. The summed E-state index contributed by atoms with van der Waals surface area (Å²) >= 11 is 5.76. The SMILES string of the molecule is O=[N+]([O-])c1cc(Cl)cc(C=Nc2cccc(CO)c2)c1[O-]. The van der Waals surface area contributed by atoms with Crippen molar-refractivity contribution < 1.29 is 15.1 Å². The second-order valence-corrected chi connectivity index (χ2v) is 4.62. The third kappa shape index (κ3) is 3.56. The Labute approximate surface area is 125 Å². The van der Waals surface area contributed by atoms with E-state index in [4.69, 9.17) is 16.7 Å². The van der Waals surface area contributed by atoms with Crippen LogP contribution in [0.1, 0.15) is 11.1 Å². The molecule has 2 rings (SSSR count). The summed E-state index contributed by atoms with van der Waals surface area (Å²) in [4.78, 5) is 14.0. The second kappa shape index (κ2) is 6.34. The van der Waals surface area contributed by atoms with Crippen LogP contribution in [0, 0.1) is 10.1 Å². The van der Waals surface area contributed by atoms with Gasteiger partial charge in [-0.25, -0.2) is 0 Å². The van der Waals surface area contributed by atoms with Gasteiger partial charge in [0.15, 0.2) is 0 Å². The minimum atomic E-state index is -0.780. The van der Waals surface area contributed by atoms with Crippen LogP contribution in [0.25, 0.3) is 0 Å². The summed E-state index contributed by atoms with van der Waals surface area (Å²) in [5.74, 6) is -0.744. The summed E-state index contributed by atoms with van der Waals surface area (Å²) in [7, 11) is 0. The van der Waals surface area contributed by atoms with Gasteiger partial charge in [0.05, 0.1) is 17.2 Å². The summed E-state index contributed by atoms with van der Waals surface area (Å²) < 4.78 is 0.